The number of ether oxygens (including phenoxy) is 1. The average Bonchev–Trinajstić information content (AvgIpc) is 2.60. The minimum atomic E-state index is -0.0739. The van der Waals surface area contributed by atoms with Crippen molar-refractivity contribution in [3.63, 3.8) is 0 Å². The molecule has 0 bridgehead atoms. The third kappa shape index (κ3) is 4.01. The highest BCUT2D eigenvalue weighted by atomic mass is 35.5. The molecule has 4 nitrogen and oxygen atoms in total. The van der Waals surface area contributed by atoms with Crippen LogP contribution in [0.15, 0.2) is 12.1 Å². The van der Waals surface area contributed by atoms with Gasteiger partial charge in [-0.05, 0) is 35.2 Å². The van der Waals surface area contributed by atoms with Crippen LogP contribution in [0.4, 0.5) is 5.69 Å². The molecule has 0 aliphatic rings. The van der Waals surface area contributed by atoms with Crippen molar-refractivity contribution in [3.05, 3.63) is 70.9 Å². The van der Waals surface area contributed by atoms with E-state index in [9.17, 15) is 4.79 Å². The lowest BCUT2D eigenvalue weighted by atomic mass is 10.00. The highest BCUT2D eigenvalue weighted by Crippen LogP contribution is 2.45. The van der Waals surface area contributed by atoms with E-state index in [-0.39, 0.29) is 39.3 Å². The van der Waals surface area contributed by atoms with Gasteiger partial charge in [0.2, 0.25) is 5.69 Å². The lowest BCUT2D eigenvalue weighted by Crippen LogP contribution is -1.98. The Morgan fingerprint density at radius 1 is 1.08 bits per heavy atom. The van der Waals surface area contributed by atoms with Gasteiger partial charge in [0.1, 0.15) is 12.7 Å². The van der Waals surface area contributed by atoms with E-state index in [2.05, 4.69) is 9.58 Å². The molecule has 0 radical (unpaired) electrons. The van der Waals surface area contributed by atoms with Crippen molar-refractivity contribution in [1.29, 1.82) is 5.26 Å². The first-order chi connectivity index (χ1) is 12.3. The summed E-state index contributed by atoms with van der Waals surface area (Å²) in [5, 5.41) is 9.68. The van der Waals surface area contributed by atoms with Gasteiger partial charge in [-0.15, -0.1) is 0 Å². The molecular formula is C17H7Cl5N2O2. The Hall–Kier alpha value is -1.66. The van der Waals surface area contributed by atoms with Crippen LogP contribution in [0.3, 0.4) is 0 Å². The van der Waals surface area contributed by atoms with Crippen LogP contribution in [-0.4, -0.2) is 6.47 Å². The van der Waals surface area contributed by atoms with Crippen molar-refractivity contribution < 1.29 is 9.53 Å². The lowest BCUT2D eigenvalue weighted by molar-refractivity contribution is -0.129. The third-order valence-corrected chi connectivity index (χ3v) is 5.42. The zero-order valence-corrected chi connectivity index (χ0v) is 16.5. The van der Waals surface area contributed by atoms with Crippen LogP contribution in [-0.2, 0) is 22.6 Å². The summed E-state index contributed by atoms with van der Waals surface area (Å²) in [6.07, 6.45) is 0.0776. The van der Waals surface area contributed by atoms with Crippen LogP contribution in [0.1, 0.15) is 22.3 Å². The first-order valence-electron chi connectivity index (χ1n) is 6.84. The number of carbonyl (C=O) groups is 1. The van der Waals surface area contributed by atoms with Crippen LogP contribution in [0.2, 0.25) is 25.1 Å². The van der Waals surface area contributed by atoms with Crippen LogP contribution < -0.4 is 0 Å². The first kappa shape index (κ1) is 20.6. The Bertz CT molecular complexity index is 954. The maximum atomic E-state index is 10.3. The fourth-order valence-electron chi connectivity index (χ4n) is 2.28. The van der Waals surface area contributed by atoms with E-state index in [1.165, 1.54) is 0 Å². The highest BCUT2D eigenvalue weighted by molar-refractivity contribution is 6.46. The zero-order chi connectivity index (χ0) is 19.4. The number of carbonyl (C=O) groups excluding carboxylic acids is 1. The van der Waals surface area contributed by atoms with E-state index in [1.807, 2.05) is 6.07 Å². The predicted octanol–water partition coefficient (Wildman–Crippen LogP) is 6.64. The van der Waals surface area contributed by atoms with Gasteiger partial charge in [0.25, 0.3) is 6.47 Å². The van der Waals surface area contributed by atoms with Crippen molar-refractivity contribution in [1.82, 2.24) is 0 Å². The Labute approximate surface area is 174 Å². The van der Waals surface area contributed by atoms with Gasteiger partial charge in [-0.25, -0.2) is 4.85 Å². The molecule has 2 rings (SSSR count). The summed E-state index contributed by atoms with van der Waals surface area (Å²) in [6.45, 7) is 7.70. The van der Waals surface area contributed by atoms with Gasteiger partial charge >= 0.3 is 0 Å². The summed E-state index contributed by atoms with van der Waals surface area (Å²) in [7, 11) is 0. The molecule has 0 unspecified atom stereocenters. The molecule has 0 spiro atoms. The molecule has 0 N–H and O–H groups in total. The number of halogens is 5. The highest BCUT2D eigenvalue weighted by Gasteiger charge is 2.23. The van der Waals surface area contributed by atoms with Gasteiger partial charge in [0, 0.05) is 10.0 Å². The molecule has 2 aromatic rings. The summed E-state index contributed by atoms with van der Waals surface area (Å²) < 4.78 is 4.68. The fourth-order valence-corrected chi connectivity index (χ4v) is 3.79. The van der Waals surface area contributed by atoms with Crippen molar-refractivity contribution in [3.8, 4) is 6.07 Å². The lowest BCUT2D eigenvalue weighted by Gasteiger charge is -2.15. The van der Waals surface area contributed by atoms with E-state index in [4.69, 9.17) is 69.8 Å². The quantitative estimate of drug-likeness (QED) is 0.293. The summed E-state index contributed by atoms with van der Waals surface area (Å²) >= 11 is 31.1. The van der Waals surface area contributed by atoms with E-state index >= 15 is 0 Å². The van der Waals surface area contributed by atoms with Crippen molar-refractivity contribution >= 4 is 70.2 Å². The number of hydrogen-bond donors (Lipinski definition) is 0. The van der Waals surface area contributed by atoms with Crippen LogP contribution in [0.25, 0.3) is 4.85 Å². The van der Waals surface area contributed by atoms with E-state index < -0.39 is 0 Å². The second-order valence-corrected chi connectivity index (χ2v) is 6.94. The normalized spacial score (nSPS) is 10.1. The summed E-state index contributed by atoms with van der Waals surface area (Å²) in [5.74, 6) is 0. The molecule has 132 valence electrons. The topological polar surface area (TPSA) is 54.4 Å². The largest absolute Gasteiger partial charge is 0.463 e. The Morgan fingerprint density at radius 2 is 1.69 bits per heavy atom. The van der Waals surface area contributed by atoms with E-state index in [0.29, 0.717) is 33.2 Å². The van der Waals surface area contributed by atoms with Crippen molar-refractivity contribution in [2.75, 3.05) is 0 Å². The van der Waals surface area contributed by atoms with Gasteiger partial charge in [-0.1, -0.05) is 58.0 Å². The molecular weight excluding hydrogens is 441 g/mol. The molecule has 2 aromatic carbocycles. The molecule has 0 aliphatic carbocycles. The maximum absolute atomic E-state index is 10.3. The van der Waals surface area contributed by atoms with Gasteiger partial charge in [-0.3, -0.25) is 4.79 Å². The summed E-state index contributed by atoms with van der Waals surface area (Å²) in [4.78, 5) is 13.7. The molecule has 0 fully saturated rings. The van der Waals surface area contributed by atoms with Crippen LogP contribution in [0.5, 0.6) is 0 Å². The minimum Gasteiger partial charge on any atom is -0.463 e. The number of nitriles is 1. The Kier molecular flexibility index (Phi) is 7.01. The maximum Gasteiger partial charge on any atom is 0.293 e. The van der Waals surface area contributed by atoms with Crippen molar-refractivity contribution in [2.24, 2.45) is 0 Å². The molecule has 0 atom stereocenters. The zero-order valence-electron chi connectivity index (χ0n) is 12.7. The Balaban J connectivity index is 2.58. The van der Waals surface area contributed by atoms with Gasteiger partial charge in [0.05, 0.1) is 27.2 Å². The number of nitrogens with zero attached hydrogens (tertiary/aromatic N) is 2. The molecule has 0 aliphatic heterocycles. The monoisotopic (exact) mass is 446 g/mol. The standard InChI is InChI=1S/C17H7Cl5N2O2/c1-24-17-10(14(20)15(21)11(5-23)16(17)22)4-9-12(18)2-8(3-13(9)19)6-26-7-25/h2-3,7H,4,6H2. The first-order valence-corrected chi connectivity index (χ1v) is 8.73. The summed E-state index contributed by atoms with van der Waals surface area (Å²) in [5.41, 5.74) is 1.36. The fraction of sp³-hybridized carbons (Fsp3) is 0.118. The molecule has 26 heavy (non-hydrogen) atoms. The van der Waals surface area contributed by atoms with Crippen LogP contribution >= 0.6 is 58.0 Å². The molecule has 9 heteroatoms. The second-order valence-electron chi connectivity index (χ2n) is 4.99. The minimum absolute atomic E-state index is 0.0121. The second kappa shape index (κ2) is 8.82. The SMILES string of the molecule is [C-]#[N+]c1c(Cl)c(C#N)c(Cl)c(Cl)c1Cc1c(Cl)cc(COC=O)cc1Cl. The Morgan fingerprint density at radius 3 is 2.19 bits per heavy atom. The molecule has 0 heterocycles. The average molecular weight is 449 g/mol. The van der Waals surface area contributed by atoms with E-state index in [1.54, 1.807) is 12.1 Å². The molecule has 0 saturated heterocycles. The number of hydrogen-bond acceptors (Lipinski definition) is 3. The van der Waals surface area contributed by atoms with Gasteiger partial charge in [0.15, 0.2) is 0 Å². The van der Waals surface area contributed by atoms with Gasteiger partial charge < -0.3 is 4.74 Å². The number of benzene rings is 2. The molecule has 0 amide bonds. The van der Waals surface area contributed by atoms with E-state index in [0.717, 1.165) is 0 Å². The van der Waals surface area contributed by atoms with Crippen LogP contribution in [0, 0.1) is 17.9 Å². The molecule has 0 aromatic heterocycles. The van der Waals surface area contributed by atoms with Gasteiger partial charge in [-0.2, -0.15) is 5.26 Å². The van der Waals surface area contributed by atoms with Crippen molar-refractivity contribution in [2.45, 2.75) is 13.0 Å². The smallest absolute Gasteiger partial charge is 0.293 e. The predicted molar refractivity (Wildman–Crippen MR) is 103 cm³/mol. The summed E-state index contributed by atoms with van der Waals surface area (Å²) in [6, 6.07) is 5.01. The number of rotatable bonds is 5. The molecule has 0 saturated carbocycles. The third-order valence-electron chi connectivity index (χ3n) is 3.49.